The van der Waals surface area contributed by atoms with Gasteiger partial charge in [0.25, 0.3) is 0 Å². The summed E-state index contributed by atoms with van der Waals surface area (Å²) in [4.78, 5) is 4.04. The maximum atomic E-state index is 10.9. The number of hydrogen-bond donors (Lipinski definition) is 0. The van der Waals surface area contributed by atoms with E-state index in [9.17, 15) is 8.42 Å². The van der Waals surface area contributed by atoms with Gasteiger partial charge in [-0.15, -0.1) is 0 Å². The number of aryl methyl sites for hydroxylation is 1. The molecule has 0 fully saturated rings. The molecule has 0 atom stereocenters. The van der Waals surface area contributed by atoms with Crippen molar-refractivity contribution < 1.29 is 8.42 Å². The summed E-state index contributed by atoms with van der Waals surface area (Å²) in [6.45, 7) is 0.568. The van der Waals surface area contributed by atoms with Crippen molar-refractivity contribution in [1.82, 2.24) is 14.8 Å². The van der Waals surface area contributed by atoms with Crippen molar-refractivity contribution in [2.75, 3.05) is 5.75 Å². The van der Waals surface area contributed by atoms with Gasteiger partial charge in [-0.05, 0) is 5.56 Å². The predicted molar refractivity (Wildman–Crippen MR) is 68.9 cm³/mol. The van der Waals surface area contributed by atoms with Crippen LogP contribution in [0.25, 0.3) is 0 Å². The van der Waals surface area contributed by atoms with Crippen molar-refractivity contribution in [3.05, 3.63) is 48.0 Å². The number of hydrogen-bond acceptors (Lipinski definition) is 4. The van der Waals surface area contributed by atoms with E-state index >= 15 is 0 Å². The van der Waals surface area contributed by atoms with Crippen LogP contribution in [-0.2, 0) is 22.0 Å². The Labute approximate surface area is 110 Å². The Bertz CT molecular complexity index is 610. The van der Waals surface area contributed by atoms with Crippen molar-refractivity contribution in [1.29, 1.82) is 0 Å². The summed E-state index contributed by atoms with van der Waals surface area (Å²) in [5.74, 6) is 0.477. The van der Waals surface area contributed by atoms with E-state index in [4.69, 9.17) is 10.7 Å². The van der Waals surface area contributed by atoms with Gasteiger partial charge in [0, 0.05) is 17.1 Å². The number of aromatic nitrogens is 3. The lowest BCUT2D eigenvalue weighted by Gasteiger charge is -2.05. The highest BCUT2D eigenvalue weighted by Crippen LogP contribution is 2.06. The number of halogens is 1. The zero-order chi connectivity index (χ0) is 13.0. The molecule has 0 N–H and O–H groups in total. The van der Waals surface area contributed by atoms with Crippen LogP contribution in [0.4, 0.5) is 0 Å². The van der Waals surface area contributed by atoms with E-state index in [2.05, 4.69) is 10.1 Å². The molecule has 0 unspecified atom stereocenters. The normalized spacial score (nSPS) is 11.6. The summed E-state index contributed by atoms with van der Waals surface area (Å²) < 4.78 is 23.5. The van der Waals surface area contributed by atoms with Crippen molar-refractivity contribution in [3.8, 4) is 0 Å². The molecule has 1 heterocycles. The van der Waals surface area contributed by atoms with Gasteiger partial charge in [-0.3, -0.25) is 0 Å². The Balaban J connectivity index is 2.09. The third-order valence-corrected chi connectivity index (χ3v) is 3.60. The summed E-state index contributed by atoms with van der Waals surface area (Å²) in [5.41, 5.74) is 1.08. The van der Waals surface area contributed by atoms with Crippen LogP contribution < -0.4 is 0 Å². The third kappa shape index (κ3) is 3.82. The number of nitrogens with zero attached hydrogens (tertiary/aromatic N) is 3. The zero-order valence-electron chi connectivity index (χ0n) is 9.53. The van der Waals surface area contributed by atoms with E-state index in [1.165, 1.54) is 6.33 Å². The molecular weight excluding hydrogens is 274 g/mol. The molecular formula is C11H12ClN3O2S. The van der Waals surface area contributed by atoms with Crippen LogP contribution in [0.5, 0.6) is 0 Å². The minimum atomic E-state index is -3.50. The Hall–Kier alpha value is -1.40. The first-order valence-electron chi connectivity index (χ1n) is 5.37. The third-order valence-electron chi connectivity index (χ3n) is 2.44. The van der Waals surface area contributed by atoms with Crippen molar-refractivity contribution in [2.24, 2.45) is 0 Å². The lowest BCUT2D eigenvalue weighted by Crippen LogP contribution is -2.10. The molecule has 0 saturated heterocycles. The highest BCUT2D eigenvalue weighted by molar-refractivity contribution is 8.13. The lowest BCUT2D eigenvalue weighted by molar-refractivity contribution is 0.603. The highest BCUT2D eigenvalue weighted by atomic mass is 35.7. The molecule has 2 aromatic rings. The van der Waals surface area contributed by atoms with Gasteiger partial charge in [0.2, 0.25) is 9.05 Å². The van der Waals surface area contributed by atoms with Gasteiger partial charge in [0.1, 0.15) is 12.2 Å². The van der Waals surface area contributed by atoms with Gasteiger partial charge in [-0.2, -0.15) is 5.10 Å². The van der Waals surface area contributed by atoms with E-state index in [0.717, 1.165) is 5.56 Å². The second kappa shape index (κ2) is 5.49. The Morgan fingerprint density at radius 3 is 2.61 bits per heavy atom. The average molecular weight is 286 g/mol. The Morgan fingerprint density at radius 2 is 1.94 bits per heavy atom. The molecule has 2 rings (SSSR count). The van der Waals surface area contributed by atoms with E-state index in [0.29, 0.717) is 12.4 Å². The van der Waals surface area contributed by atoms with Crippen molar-refractivity contribution in [2.45, 2.75) is 13.0 Å². The van der Waals surface area contributed by atoms with Crippen LogP contribution in [0, 0.1) is 0 Å². The van der Waals surface area contributed by atoms with E-state index < -0.39 is 9.05 Å². The maximum absolute atomic E-state index is 10.9. The fourth-order valence-electron chi connectivity index (χ4n) is 1.58. The van der Waals surface area contributed by atoms with Crippen molar-refractivity contribution >= 4 is 19.7 Å². The van der Waals surface area contributed by atoms with Crippen LogP contribution in [-0.4, -0.2) is 28.9 Å². The maximum Gasteiger partial charge on any atom is 0.233 e. The summed E-state index contributed by atoms with van der Waals surface area (Å²) in [7, 11) is 1.68. The zero-order valence-corrected chi connectivity index (χ0v) is 11.1. The van der Waals surface area contributed by atoms with Gasteiger partial charge in [0.15, 0.2) is 0 Å². The number of benzene rings is 1. The second-order valence-corrected chi connectivity index (χ2v) is 6.71. The summed E-state index contributed by atoms with van der Waals surface area (Å²) >= 11 is 0. The molecule has 18 heavy (non-hydrogen) atoms. The molecule has 0 aliphatic carbocycles. The molecule has 0 saturated carbocycles. The summed E-state index contributed by atoms with van der Waals surface area (Å²) in [5, 5.41) is 4.08. The second-order valence-electron chi connectivity index (χ2n) is 3.81. The quantitative estimate of drug-likeness (QED) is 0.780. The standard InChI is InChI=1S/C11H12ClN3O2S/c12-18(16,17)7-6-11-13-9-14-15(11)8-10-4-2-1-3-5-10/h1-5,9H,6-8H2. The van der Waals surface area contributed by atoms with Crippen LogP contribution in [0.15, 0.2) is 36.7 Å². The molecule has 5 nitrogen and oxygen atoms in total. The Morgan fingerprint density at radius 1 is 1.22 bits per heavy atom. The SMILES string of the molecule is O=S(=O)(Cl)CCc1ncnn1Cc1ccccc1. The minimum absolute atomic E-state index is 0.137. The largest absolute Gasteiger partial charge is 0.246 e. The fraction of sp³-hybridized carbons (Fsp3) is 0.273. The van der Waals surface area contributed by atoms with Crippen LogP contribution >= 0.6 is 10.7 Å². The first-order chi connectivity index (χ1) is 8.54. The molecule has 1 aromatic heterocycles. The smallest absolute Gasteiger partial charge is 0.233 e. The first kappa shape index (κ1) is 13.0. The van der Waals surface area contributed by atoms with E-state index in [1.807, 2.05) is 30.3 Å². The minimum Gasteiger partial charge on any atom is -0.246 e. The Kier molecular flexibility index (Phi) is 3.98. The van der Waals surface area contributed by atoms with Gasteiger partial charge in [-0.1, -0.05) is 30.3 Å². The molecule has 0 aliphatic heterocycles. The molecule has 1 aromatic carbocycles. The van der Waals surface area contributed by atoms with Gasteiger partial charge < -0.3 is 0 Å². The highest BCUT2D eigenvalue weighted by Gasteiger charge is 2.10. The molecule has 0 radical (unpaired) electrons. The number of rotatable bonds is 5. The first-order valence-corrected chi connectivity index (χ1v) is 7.85. The predicted octanol–water partition coefficient (Wildman–Crippen LogP) is 1.44. The van der Waals surface area contributed by atoms with Crippen LogP contribution in [0.1, 0.15) is 11.4 Å². The lowest BCUT2D eigenvalue weighted by atomic mass is 10.2. The molecule has 0 amide bonds. The molecule has 0 spiro atoms. The summed E-state index contributed by atoms with van der Waals surface area (Å²) in [6, 6.07) is 9.77. The van der Waals surface area contributed by atoms with Gasteiger partial charge in [-0.25, -0.2) is 18.1 Å². The van der Waals surface area contributed by atoms with Gasteiger partial charge >= 0.3 is 0 Å². The molecule has 96 valence electrons. The molecule has 7 heteroatoms. The van der Waals surface area contributed by atoms with E-state index in [1.54, 1.807) is 4.68 Å². The molecule has 0 bridgehead atoms. The fourth-order valence-corrected chi connectivity index (χ4v) is 2.24. The van der Waals surface area contributed by atoms with E-state index in [-0.39, 0.29) is 12.2 Å². The van der Waals surface area contributed by atoms with Crippen molar-refractivity contribution in [3.63, 3.8) is 0 Å². The molecule has 0 aliphatic rings. The summed E-state index contributed by atoms with van der Waals surface area (Å²) in [6.07, 6.45) is 1.68. The van der Waals surface area contributed by atoms with Crippen LogP contribution in [0.3, 0.4) is 0 Å². The van der Waals surface area contributed by atoms with Crippen LogP contribution in [0.2, 0.25) is 0 Å². The van der Waals surface area contributed by atoms with Gasteiger partial charge in [0.05, 0.1) is 12.3 Å². The average Bonchev–Trinajstić information content (AvgIpc) is 2.74. The monoisotopic (exact) mass is 285 g/mol. The topological polar surface area (TPSA) is 64.8 Å².